The van der Waals surface area contributed by atoms with Gasteiger partial charge in [0.25, 0.3) is 0 Å². The molecule has 0 bridgehead atoms. The minimum Gasteiger partial charge on any atom is -0.386 e. The summed E-state index contributed by atoms with van der Waals surface area (Å²) in [6.45, 7) is 5.50. The van der Waals surface area contributed by atoms with Crippen LogP contribution in [0.25, 0.3) is 11.1 Å². The van der Waals surface area contributed by atoms with E-state index >= 15 is 0 Å². The number of hydrogen-bond donors (Lipinski definition) is 1. The van der Waals surface area contributed by atoms with Gasteiger partial charge in [0.15, 0.2) is 0 Å². The number of hydrogen-bond acceptors (Lipinski definition) is 6. The highest BCUT2D eigenvalue weighted by Gasteiger charge is 2.45. The number of halogens is 3. The summed E-state index contributed by atoms with van der Waals surface area (Å²) in [5, 5.41) is 3.28. The Kier molecular flexibility index (Phi) is 6.07. The van der Waals surface area contributed by atoms with Gasteiger partial charge in [0, 0.05) is 31.4 Å². The number of rotatable bonds is 4. The van der Waals surface area contributed by atoms with E-state index in [0.717, 1.165) is 24.2 Å². The third-order valence-corrected chi connectivity index (χ3v) is 6.11. The van der Waals surface area contributed by atoms with E-state index in [4.69, 9.17) is 0 Å². The molecule has 11 heteroatoms. The zero-order chi connectivity index (χ0) is 24.7. The van der Waals surface area contributed by atoms with Crippen LogP contribution < -0.4 is 10.2 Å². The van der Waals surface area contributed by atoms with E-state index in [0.29, 0.717) is 24.5 Å². The summed E-state index contributed by atoms with van der Waals surface area (Å²) in [6, 6.07) is 10.2. The molecular formula is C23H23F3N4O4. The van der Waals surface area contributed by atoms with Crippen molar-refractivity contribution >= 4 is 23.8 Å². The number of alkyl halides is 3. The molecule has 0 radical (unpaired) electrons. The van der Waals surface area contributed by atoms with E-state index in [-0.39, 0.29) is 12.1 Å². The topological polar surface area (TPSA) is 91.8 Å². The number of aromatic nitrogens is 1. The minimum absolute atomic E-state index is 0.0609. The van der Waals surface area contributed by atoms with Crippen molar-refractivity contribution in [3.8, 4) is 11.1 Å². The highest BCUT2D eigenvalue weighted by molar-refractivity contribution is 5.94. The SMILES string of the molecule is CC(C)(C(=O)OC(=O)C(F)(F)F)c1ccc(-c2ccc(N3C[C@@H]4CNCCN4C3=O)nc2)cc1. The quantitative estimate of drug-likeness (QED) is 0.539. The van der Waals surface area contributed by atoms with Gasteiger partial charge in [0.05, 0.1) is 18.0 Å². The number of nitrogens with one attached hydrogen (secondary N) is 1. The maximum Gasteiger partial charge on any atom is 0.491 e. The molecule has 2 amide bonds. The summed E-state index contributed by atoms with van der Waals surface area (Å²) in [7, 11) is 0. The predicted octanol–water partition coefficient (Wildman–Crippen LogP) is 2.87. The number of nitrogens with zero attached hydrogens (tertiary/aromatic N) is 3. The van der Waals surface area contributed by atoms with E-state index < -0.39 is 23.5 Å². The molecule has 2 fully saturated rings. The third kappa shape index (κ3) is 4.47. The molecule has 2 aliphatic rings. The van der Waals surface area contributed by atoms with Gasteiger partial charge in [-0.15, -0.1) is 0 Å². The fourth-order valence-electron chi connectivity index (χ4n) is 3.99. The van der Waals surface area contributed by atoms with Gasteiger partial charge in [-0.25, -0.2) is 14.6 Å². The van der Waals surface area contributed by atoms with Crippen LogP contribution in [0.1, 0.15) is 19.4 Å². The molecule has 3 heterocycles. The van der Waals surface area contributed by atoms with Crippen molar-refractivity contribution in [2.24, 2.45) is 0 Å². The molecular weight excluding hydrogens is 453 g/mol. The Morgan fingerprint density at radius 3 is 2.32 bits per heavy atom. The fraction of sp³-hybridized carbons (Fsp3) is 0.391. The Bertz CT molecular complexity index is 1100. The highest BCUT2D eigenvalue weighted by atomic mass is 19.4. The second-order valence-corrected chi connectivity index (χ2v) is 8.73. The molecule has 8 nitrogen and oxygen atoms in total. The molecule has 180 valence electrons. The van der Waals surface area contributed by atoms with Crippen molar-refractivity contribution in [2.75, 3.05) is 31.1 Å². The minimum atomic E-state index is -5.25. The number of anilines is 1. The van der Waals surface area contributed by atoms with Crippen molar-refractivity contribution < 1.29 is 32.3 Å². The lowest BCUT2D eigenvalue weighted by atomic mass is 9.84. The summed E-state index contributed by atoms with van der Waals surface area (Å²) < 4.78 is 41.2. The lowest BCUT2D eigenvalue weighted by molar-refractivity contribution is -0.203. The number of carbonyl (C=O) groups is 3. The van der Waals surface area contributed by atoms with Crippen molar-refractivity contribution in [1.29, 1.82) is 0 Å². The Morgan fingerprint density at radius 1 is 1.06 bits per heavy atom. The van der Waals surface area contributed by atoms with Gasteiger partial charge in [-0.1, -0.05) is 24.3 Å². The molecule has 0 spiro atoms. The molecule has 0 unspecified atom stereocenters. The van der Waals surface area contributed by atoms with Crippen molar-refractivity contribution in [3.63, 3.8) is 0 Å². The van der Waals surface area contributed by atoms with Gasteiger partial charge >= 0.3 is 24.1 Å². The number of carbonyl (C=O) groups excluding carboxylic acids is 3. The smallest absolute Gasteiger partial charge is 0.386 e. The zero-order valence-electron chi connectivity index (χ0n) is 18.6. The molecule has 1 aromatic carbocycles. The third-order valence-electron chi connectivity index (χ3n) is 6.11. The molecule has 4 rings (SSSR count). The van der Waals surface area contributed by atoms with E-state index in [1.54, 1.807) is 41.4 Å². The van der Waals surface area contributed by atoms with Crippen LogP contribution in [0.15, 0.2) is 42.6 Å². The van der Waals surface area contributed by atoms with Crippen LogP contribution in [0.3, 0.4) is 0 Å². The first kappa shape index (κ1) is 23.7. The lowest BCUT2D eigenvalue weighted by Gasteiger charge is -2.28. The van der Waals surface area contributed by atoms with Crippen LogP contribution in [0.2, 0.25) is 0 Å². The first-order valence-electron chi connectivity index (χ1n) is 10.7. The Balaban J connectivity index is 1.46. The van der Waals surface area contributed by atoms with E-state index in [1.807, 2.05) is 11.0 Å². The lowest BCUT2D eigenvalue weighted by Crippen LogP contribution is -2.49. The van der Waals surface area contributed by atoms with Crippen LogP contribution in [-0.4, -0.2) is 66.3 Å². The van der Waals surface area contributed by atoms with E-state index in [9.17, 15) is 27.6 Å². The Hall–Kier alpha value is -3.47. The molecule has 0 aliphatic carbocycles. The monoisotopic (exact) mass is 476 g/mol. The Labute approximate surface area is 193 Å². The highest BCUT2D eigenvalue weighted by Crippen LogP contribution is 2.30. The van der Waals surface area contributed by atoms with Crippen molar-refractivity contribution in [2.45, 2.75) is 31.5 Å². The van der Waals surface area contributed by atoms with Crippen LogP contribution in [0.5, 0.6) is 0 Å². The molecule has 2 saturated heterocycles. The molecule has 34 heavy (non-hydrogen) atoms. The van der Waals surface area contributed by atoms with Crippen LogP contribution in [-0.2, 0) is 19.7 Å². The van der Waals surface area contributed by atoms with Gasteiger partial charge in [0.1, 0.15) is 5.82 Å². The molecule has 1 aromatic heterocycles. The van der Waals surface area contributed by atoms with Gasteiger partial charge in [-0.3, -0.25) is 9.69 Å². The molecule has 2 aromatic rings. The van der Waals surface area contributed by atoms with Crippen molar-refractivity contribution in [3.05, 3.63) is 48.2 Å². The predicted molar refractivity (Wildman–Crippen MR) is 116 cm³/mol. The number of amides is 2. The number of urea groups is 1. The first-order valence-corrected chi connectivity index (χ1v) is 10.7. The van der Waals surface area contributed by atoms with Gasteiger partial charge in [0.2, 0.25) is 0 Å². The molecule has 1 atom stereocenters. The standard InChI is InChI=1S/C23H23F3N4O4/c1-22(2,19(31)34-20(32)23(24,25)26)16-6-3-14(4-7-16)15-5-8-18(28-11-15)30-13-17-12-27-9-10-29(17)21(30)33/h3-8,11,17,27H,9-10,12-13H2,1-2H3/t17-/m0/s1. The largest absolute Gasteiger partial charge is 0.491 e. The number of ether oxygens (including phenoxy) is 1. The number of benzene rings is 1. The van der Waals surface area contributed by atoms with E-state index in [1.165, 1.54) is 13.8 Å². The number of pyridine rings is 1. The second kappa shape index (κ2) is 8.71. The van der Waals surface area contributed by atoms with Crippen LogP contribution in [0.4, 0.5) is 23.8 Å². The number of esters is 2. The molecule has 0 saturated carbocycles. The summed E-state index contributed by atoms with van der Waals surface area (Å²) in [5.74, 6) is -3.29. The fourth-order valence-corrected chi connectivity index (χ4v) is 3.99. The number of piperazine rings is 1. The average Bonchev–Trinajstić information content (AvgIpc) is 3.15. The van der Waals surface area contributed by atoms with Gasteiger partial charge in [-0.05, 0) is 37.1 Å². The van der Waals surface area contributed by atoms with Gasteiger partial charge in [-0.2, -0.15) is 13.2 Å². The zero-order valence-corrected chi connectivity index (χ0v) is 18.6. The molecule has 1 N–H and O–H groups in total. The average molecular weight is 476 g/mol. The van der Waals surface area contributed by atoms with Crippen LogP contribution >= 0.6 is 0 Å². The van der Waals surface area contributed by atoms with E-state index in [2.05, 4.69) is 15.0 Å². The first-order chi connectivity index (χ1) is 16.0. The van der Waals surface area contributed by atoms with Crippen molar-refractivity contribution in [1.82, 2.24) is 15.2 Å². The number of fused-ring (bicyclic) bond motifs is 1. The van der Waals surface area contributed by atoms with Gasteiger partial charge < -0.3 is 15.0 Å². The molecule has 2 aliphatic heterocycles. The summed E-state index contributed by atoms with van der Waals surface area (Å²) in [6.07, 6.45) is -3.62. The summed E-state index contributed by atoms with van der Waals surface area (Å²) in [4.78, 5) is 43.8. The second-order valence-electron chi connectivity index (χ2n) is 8.73. The normalized spacial score (nSPS) is 18.6. The van der Waals surface area contributed by atoms with Crippen LogP contribution in [0, 0.1) is 0 Å². The summed E-state index contributed by atoms with van der Waals surface area (Å²) >= 11 is 0. The Morgan fingerprint density at radius 2 is 1.74 bits per heavy atom. The maximum atomic E-state index is 12.7. The maximum absolute atomic E-state index is 12.7. The summed E-state index contributed by atoms with van der Waals surface area (Å²) in [5.41, 5.74) is 0.425.